The number of benzene rings is 2. The van der Waals surface area contributed by atoms with Crippen LogP contribution >= 0.6 is 27.7 Å². The fraction of sp³-hybridized carbons (Fsp3) is 0.286. The number of rotatable bonds is 4. The number of thioether (sulfide) groups is 1. The van der Waals surface area contributed by atoms with E-state index in [-0.39, 0.29) is 6.10 Å². The monoisotopic (exact) mass is 428 g/mol. The van der Waals surface area contributed by atoms with Crippen molar-refractivity contribution in [2.24, 2.45) is 0 Å². The third-order valence-electron chi connectivity index (χ3n) is 4.83. The number of ether oxygens (including phenoxy) is 1. The van der Waals surface area contributed by atoms with E-state index < -0.39 is 0 Å². The molecule has 0 amide bonds. The summed E-state index contributed by atoms with van der Waals surface area (Å²) in [6.07, 6.45) is 6.34. The summed E-state index contributed by atoms with van der Waals surface area (Å²) >= 11 is 5.33. The lowest BCUT2D eigenvalue weighted by Crippen LogP contribution is -2.38. The molecule has 0 atom stereocenters. The highest BCUT2D eigenvalue weighted by molar-refractivity contribution is 9.10. The van der Waals surface area contributed by atoms with E-state index >= 15 is 0 Å². The summed E-state index contributed by atoms with van der Waals surface area (Å²) in [5, 5.41) is 1.20. The van der Waals surface area contributed by atoms with Crippen LogP contribution in [-0.2, 0) is 0 Å². The minimum absolute atomic E-state index is 0.284. The van der Waals surface area contributed by atoms with E-state index in [4.69, 9.17) is 4.74 Å². The highest BCUT2D eigenvalue weighted by Crippen LogP contribution is 2.31. The first-order valence-electron chi connectivity index (χ1n) is 8.83. The van der Waals surface area contributed by atoms with E-state index in [0.29, 0.717) is 0 Å². The summed E-state index contributed by atoms with van der Waals surface area (Å²) in [6.45, 7) is 2.00. The molecule has 0 spiro atoms. The second kappa shape index (κ2) is 7.89. The highest BCUT2D eigenvalue weighted by atomic mass is 79.9. The Bertz CT molecular complexity index is 892. The Balaban J connectivity index is 1.44. The zero-order valence-corrected chi connectivity index (χ0v) is 17.1. The van der Waals surface area contributed by atoms with Crippen molar-refractivity contribution in [3.8, 4) is 5.75 Å². The lowest BCUT2D eigenvalue weighted by molar-refractivity contribution is 0.171. The molecule has 3 nitrogen and oxygen atoms in total. The molecule has 0 unspecified atom stereocenters. The fourth-order valence-electron chi connectivity index (χ4n) is 3.44. The summed E-state index contributed by atoms with van der Waals surface area (Å²) in [5.74, 6) is 0.972. The number of nitrogens with zero attached hydrogens (tertiary/aromatic N) is 2. The molecule has 26 heavy (non-hydrogen) atoms. The van der Waals surface area contributed by atoms with Crippen molar-refractivity contribution in [3.05, 3.63) is 59.2 Å². The highest BCUT2D eigenvalue weighted by Gasteiger charge is 2.22. The zero-order valence-electron chi connectivity index (χ0n) is 14.7. The van der Waals surface area contributed by atoms with E-state index in [1.165, 1.54) is 16.0 Å². The van der Waals surface area contributed by atoms with Crippen molar-refractivity contribution in [2.75, 3.05) is 24.2 Å². The molecule has 134 valence electrons. The molecule has 1 saturated heterocycles. The van der Waals surface area contributed by atoms with Gasteiger partial charge in [-0.1, -0.05) is 15.9 Å². The van der Waals surface area contributed by atoms with Gasteiger partial charge in [0.15, 0.2) is 0 Å². The Morgan fingerprint density at radius 2 is 1.85 bits per heavy atom. The Kier molecular flexibility index (Phi) is 5.36. The van der Waals surface area contributed by atoms with Gasteiger partial charge in [0.05, 0.1) is 5.52 Å². The first-order valence-corrected chi connectivity index (χ1v) is 10.8. The van der Waals surface area contributed by atoms with Crippen LogP contribution in [0.15, 0.2) is 64.1 Å². The van der Waals surface area contributed by atoms with Gasteiger partial charge in [0, 0.05) is 52.6 Å². The summed E-state index contributed by atoms with van der Waals surface area (Å²) < 4.78 is 7.28. The van der Waals surface area contributed by atoms with E-state index in [1.807, 2.05) is 12.3 Å². The van der Waals surface area contributed by atoms with Crippen LogP contribution in [0.1, 0.15) is 12.8 Å². The predicted molar refractivity (Wildman–Crippen MR) is 114 cm³/mol. The van der Waals surface area contributed by atoms with Crippen LogP contribution in [0.25, 0.3) is 10.9 Å². The number of anilines is 1. The predicted octanol–water partition coefficient (Wildman–Crippen LogP) is 5.77. The van der Waals surface area contributed by atoms with E-state index in [2.05, 4.69) is 74.5 Å². The van der Waals surface area contributed by atoms with Crippen molar-refractivity contribution >= 4 is 44.3 Å². The molecule has 1 aromatic heterocycles. The van der Waals surface area contributed by atoms with Crippen LogP contribution in [0.4, 0.5) is 5.69 Å². The second-order valence-corrected chi connectivity index (χ2v) is 8.27. The third-order valence-corrected chi connectivity index (χ3v) is 6.06. The van der Waals surface area contributed by atoms with Gasteiger partial charge in [0.25, 0.3) is 0 Å². The lowest BCUT2D eigenvalue weighted by Gasteiger charge is -2.34. The van der Waals surface area contributed by atoms with Crippen LogP contribution in [-0.4, -0.2) is 30.4 Å². The molecule has 2 aromatic carbocycles. The van der Waals surface area contributed by atoms with Gasteiger partial charge in [-0.05, 0) is 54.8 Å². The summed E-state index contributed by atoms with van der Waals surface area (Å²) in [7, 11) is 0. The molecular formula is C21H21BrN2OS. The maximum Gasteiger partial charge on any atom is 0.119 e. The van der Waals surface area contributed by atoms with Crippen LogP contribution < -0.4 is 9.64 Å². The largest absolute Gasteiger partial charge is 0.490 e. The quantitative estimate of drug-likeness (QED) is 0.492. The standard InChI is InChI=1S/C21H21BrN2OS/c1-26-18-5-3-16(4-6-18)25-17-9-12-24(13-10-17)21-8-11-23-20-7-2-15(22)14-19(20)21/h2-8,11,14,17H,9-10,12-13H2,1H3. The molecule has 3 aromatic rings. The van der Waals surface area contributed by atoms with Gasteiger partial charge in [-0.2, -0.15) is 0 Å². The topological polar surface area (TPSA) is 25.4 Å². The third kappa shape index (κ3) is 3.84. The van der Waals surface area contributed by atoms with Crippen molar-refractivity contribution in [2.45, 2.75) is 23.8 Å². The van der Waals surface area contributed by atoms with Crippen molar-refractivity contribution in [3.63, 3.8) is 0 Å². The first-order chi connectivity index (χ1) is 12.7. The number of halogens is 1. The number of hydrogen-bond donors (Lipinski definition) is 0. The Morgan fingerprint density at radius 1 is 1.08 bits per heavy atom. The molecule has 0 saturated carbocycles. The molecule has 0 aliphatic carbocycles. The molecule has 0 bridgehead atoms. The zero-order chi connectivity index (χ0) is 17.9. The average molecular weight is 429 g/mol. The SMILES string of the molecule is CSc1ccc(OC2CCN(c3ccnc4ccc(Br)cc34)CC2)cc1. The number of aromatic nitrogens is 1. The number of hydrogen-bond acceptors (Lipinski definition) is 4. The van der Waals surface area contributed by atoms with Crippen LogP contribution in [0.2, 0.25) is 0 Å². The van der Waals surface area contributed by atoms with Crippen molar-refractivity contribution < 1.29 is 4.74 Å². The maximum absolute atomic E-state index is 6.19. The first kappa shape index (κ1) is 17.7. The minimum atomic E-state index is 0.284. The van der Waals surface area contributed by atoms with Gasteiger partial charge in [-0.3, -0.25) is 4.98 Å². The van der Waals surface area contributed by atoms with E-state index in [9.17, 15) is 0 Å². The summed E-state index contributed by atoms with van der Waals surface area (Å²) in [4.78, 5) is 8.21. The lowest BCUT2D eigenvalue weighted by atomic mass is 10.1. The molecule has 2 heterocycles. The van der Waals surface area contributed by atoms with Gasteiger partial charge in [0.1, 0.15) is 11.9 Å². The minimum Gasteiger partial charge on any atom is -0.490 e. The summed E-state index contributed by atoms with van der Waals surface area (Å²) in [5.41, 5.74) is 2.30. The molecular weight excluding hydrogens is 408 g/mol. The van der Waals surface area contributed by atoms with Crippen molar-refractivity contribution in [1.82, 2.24) is 4.98 Å². The van der Waals surface area contributed by atoms with Crippen molar-refractivity contribution in [1.29, 1.82) is 0 Å². The van der Waals surface area contributed by atoms with Crippen LogP contribution in [0.5, 0.6) is 5.75 Å². The normalized spacial score (nSPS) is 15.4. The van der Waals surface area contributed by atoms with Gasteiger partial charge < -0.3 is 9.64 Å². The number of piperidine rings is 1. The number of pyridine rings is 1. The molecule has 4 rings (SSSR count). The smallest absolute Gasteiger partial charge is 0.119 e. The van der Waals surface area contributed by atoms with Crippen LogP contribution in [0, 0.1) is 0 Å². The molecule has 0 N–H and O–H groups in total. The van der Waals surface area contributed by atoms with Gasteiger partial charge in [-0.15, -0.1) is 11.8 Å². The Morgan fingerprint density at radius 3 is 2.58 bits per heavy atom. The van der Waals surface area contributed by atoms with E-state index in [0.717, 1.165) is 41.7 Å². The van der Waals surface area contributed by atoms with Gasteiger partial charge in [0.2, 0.25) is 0 Å². The molecule has 1 aliphatic heterocycles. The molecule has 1 fully saturated rings. The fourth-order valence-corrected chi connectivity index (χ4v) is 4.21. The molecule has 5 heteroatoms. The van der Waals surface area contributed by atoms with E-state index in [1.54, 1.807) is 11.8 Å². The summed E-state index contributed by atoms with van der Waals surface area (Å²) in [6, 6.07) is 16.8. The second-order valence-electron chi connectivity index (χ2n) is 6.47. The van der Waals surface area contributed by atoms with Gasteiger partial charge in [-0.25, -0.2) is 0 Å². The van der Waals surface area contributed by atoms with Gasteiger partial charge >= 0.3 is 0 Å². The maximum atomic E-state index is 6.19. The Labute approximate surface area is 166 Å². The Hall–Kier alpha value is -1.72. The average Bonchev–Trinajstić information content (AvgIpc) is 2.69. The molecule has 0 radical (unpaired) electrons. The molecule has 1 aliphatic rings. The number of fused-ring (bicyclic) bond motifs is 1. The van der Waals surface area contributed by atoms with Crippen LogP contribution in [0.3, 0.4) is 0 Å².